The van der Waals surface area contributed by atoms with Crippen LogP contribution in [0.25, 0.3) is 0 Å². The van der Waals surface area contributed by atoms with Crippen LogP contribution in [-0.2, 0) is 23.7 Å². The van der Waals surface area contributed by atoms with Crippen molar-refractivity contribution >= 4 is 12.1 Å². The Bertz CT molecular complexity index is 544. The molecule has 8 nitrogen and oxygen atoms in total. The largest absolute Gasteiger partial charge is 0.463 e. The molecule has 0 radical (unpaired) electrons. The molecule has 0 spiro atoms. The highest BCUT2D eigenvalue weighted by atomic mass is 16.6. The van der Waals surface area contributed by atoms with Crippen molar-refractivity contribution in [3.8, 4) is 0 Å². The number of aliphatic hydroxyl groups is 1. The molecule has 3 unspecified atom stereocenters. The maximum Gasteiger partial charge on any atom is 0.407 e. The van der Waals surface area contributed by atoms with Crippen LogP contribution in [-0.4, -0.2) is 70.0 Å². The van der Waals surface area contributed by atoms with Gasteiger partial charge in [0.1, 0.15) is 13.2 Å². The molecule has 3 atom stereocenters. The third-order valence-electron chi connectivity index (χ3n) is 6.12. The smallest absolute Gasteiger partial charge is 0.407 e. The minimum absolute atomic E-state index is 0.0342. The first-order valence-electron chi connectivity index (χ1n) is 11.4. The average Bonchev–Trinajstić information content (AvgIpc) is 2.72. The molecule has 0 saturated heterocycles. The molecule has 0 aliphatic heterocycles. The Morgan fingerprint density at radius 2 is 1.71 bits per heavy atom. The molecule has 1 rings (SSSR count). The van der Waals surface area contributed by atoms with Crippen molar-refractivity contribution in [2.24, 2.45) is 28.6 Å². The first kappa shape index (κ1) is 27.7. The van der Waals surface area contributed by atoms with Gasteiger partial charge in [-0.25, -0.2) is 4.79 Å². The number of nitrogens with one attached hydrogen (secondary N) is 1. The van der Waals surface area contributed by atoms with Crippen LogP contribution in [0.1, 0.15) is 54.4 Å². The predicted molar refractivity (Wildman–Crippen MR) is 118 cm³/mol. The molecule has 1 amide bonds. The van der Waals surface area contributed by atoms with Crippen molar-refractivity contribution in [2.75, 3.05) is 52.8 Å². The lowest BCUT2D eigenvalue weighted by Gasteiger charge is -2.45. The third kappa shape index (κ3) is 9.33. The van der Waals surface area contributed by atoms with Crippen LogP contribution in [0, 0.1) is 28.6 Å². The average molecular weight is 446 g/mol. The van der Waals surface area contributed by atoms with Crippen molar-refractivity contribution in [2.45, 2.75) is 54.4 Å². The normalized spacial score (nSPS) is 23.3. The van der Waals surface area contributed by atoms with E-state index in [1.165, 1.54) is 0 Å². The number of aliphatic hydroxyl groups excluding tert-OH is 1. The van der Waals surface area contributed by atoms with E-state index in [-0.39, 0.29) is 49.0 Å². The Hall–Kier alpha value is -1.38. The topological polar surface area (TPSA) is 103 Å². The number of ether oxygens (including phenoxy) is 4. The summed E-state index contributed by atoms with van der Waals surface area (Å²) in [6.45, 7) is 14.8. The molecular weight excluding hydrogens is 402 g/mol. The molecule has 8 heteroatoms. The first-order chi connectivity index (χ1) is 14.6. The van der Waals surface area contributed by atoms with Gasteiger partial charge < -0.3 is 29.4 Å². The van der Waals surface area contributed by atoms with Gasteiger partial charge in [-0.05, 0) is 43.9 Å². The number of esters is 1. The quantitative estimate of drug-likeness (QED) is 0.420. The molecule has 1 saturated carbocycles. The minimum Gasteiger partial charge on any atom is -0.463 e. The van der Waals surface area contributed by atoms with Crippen LogP contribution in [0.2, 0.25) is 0 Å². The zero-order valence-corrected chi connectivity index (χ0v) is 20.2. The molecule has 0 aromatic carbocycles. The van der Waals surface area contributed by atoms with Crippen LogP contribution in [0.15, 0.2) is 0 Å². The monoisotopic (exact) mass is 445 g/mol. The molecule has 2 N–H and O–H groups in total. The molecule has 1 aliphatic carbocycles. The van der Waals surface area contributed by atoms with Gasteiger partial charge in [-0.3, -0.25) is 4.79 Å². The van der Waals surface area contributed by atoms with Crippen LogP contribution in [0.3, 0.4) is 0 Å². The lowest BCUT2D eigenvalue weighted by molar-refractivity contribution is -0.154. The van der Waals surface area contributed by atoms with E-state index in [0.717, 1.165) is 0 Å². The predicted octanol–water partition coefficient (Wildman–Crippen LogP) is 3.02. The van der Waals surface area contributed by atoms with Gasteiger partial charge in [0.05, 0.1) is 25.7 Å². The van der Waals surface area contributed by atoms with Gasteiger partial charge in [0, 0.05) is 25.2 Å². The first-order valence-corrected chi connectivity index (χ1v) is 11.4. The van der Waals surface area contributed by atoms with Gasteiger partial charge in [-0.15, -0.1) is 0 Å². The van der Waals surface area contributed by atoms with Gasteiger partial charge in [0.2, 0.25) is 0 Å². The lowest BCUT2D eigenvalue weighted by atomic mass is 9.60. The van der Waals surface area contributed by atoms with Crippen LogP contribution in [0.5, 0.6) is 0 Å². The second-order valence-electron chi connectivity index (χ2n) is 9.64. The van der Waals surface area contributed by atoms with Crippen molar-refractivity contribution in [1.82, 2.24) is 5.32 Å². The van der Waals surface area contributed by atoms with Crippen molar-refractivity contribution in [1.29, 1.82) is 0 Å². The third-order valence-corrected chi connectivity index (χ3v) is 6.12. The molecular formula is C23H43NO7. The summed E-state index contributed by atoms with van der Waals surface area (Å²) in [6.07, 6.45) is 0.936. The summed E-state index contributed by atoms with van der Waals surface area (Å²) >= 11 is 0. The zero-order chi connectivity index (χ0) is 23.5. The van der Waals surface area contributed by atoms with Gasteiger partial charge in [0.25, 0.3) is 0 Å². The molecule has 0 heterocycles. The maximum atomic E-state index is 12.4. The molecule has 31 heavy (non-hydrogen) atoms. The summed E-state index contributed by atoms with van der Waals surface area (Å²) in [5.41, 5.74) is -0.546. The molecule has 0 aromatic heterocycles. The second kappa shape index (κ2) is 13.2. The van der Waals surface area contributed by atoms with E-state index in [1.807, 2.05) is 20.8 Å². The second-order valence-corrected chi connectivity index (χ2v) is 9.64. The molecule has 182 valence electrons. The van der Waals surface area contributed by atoms with E-state index in [0.29, 0.717) is 45.8 Å². The molecule has 1 aliphatic rings. The van der Waals surface area contributed by atoms with E-state index in [4.69, 9.17) is 24.1 Å². The minimum atomic E-state index is -0.452. The number of alkyl carbamates (subject to hydrolysis) is 1. The van der Waals surface area contributed by atoms with Gasteiger partial charge in [-0.1, -0.05) is 27.7 Å². The summed E-state index contributed by atoms with van der Waals surface area (Å²) in [5.74, 6) is 0.0114. The SMILES string of the molecule is CCOCC(C)(COCC)COC(=O)NCC1C(C)CC(C(=O)OCCO)CC1(C)C. The Morgan fingerprint density at radius 3 is 2.23 bits per heavy atom. The van der Waals surface area contributed by atoms with Gasteiger partial charge in [0.15, 0.2) is 0 Å². The zero-order valence-electron chi connectivity index (χ0n) is 20.2. The molecule has 0 aromatic rings. The fourth-order valence-electron chi connectivity index (χ4n) is 4.48. The Kier molecular flexibility index (Phi) is 11.8. The van der Waals surface area contributed by atoms with Crippen molar-refractivity contribution in [3.05, 3.63) is 0 Å². The van der Waals surface area contributed by atoms with Crippen LogP contribution < -0.4 is 5.32 Å². The van der Waals surface area contributed by atoms with Crippen molar-refractivity contribution in [3.63, 3.8) is 0 Å². The number of carbonyl (C=O) groups is 2. The van der Waals surface area contributed by atoms with E-state index < -0.39 is 11.5 Å². The molecule has 0 bridgehead atoms. The summed E-state index contributed by atoms with van der Waals surface area (Å²) in [6, 6.07) is 0. The van der Waals surface area contributed by atoms with Gasteiger partial charge >= 0.3 is 12.1 Å². The highest BCUT2D eigenvalue weighted by molar-refractivity contribution is 5.72. The fraction of sp³-hybridized carbons (Fsp3) is 0.913. The van der Waals surface area contributed by atoms with E-state index in [9.17, 15) is 9.59 Å². The molecule has 1 fully saturated rings. The number of rotatable bonds is 13. The van der Waals surface area contributed by atoms with E-state index in [1.54, 1.807) is 0 Å². The standard InChI is InChI=1S/C23H43NO7/c1-7-28-14-23(6,15-29-8-2)16-31-21(27)24-13-19-17(3)11-18(12-22(19,4)5)20(26)30-10-9-25/h17-19,25H,7-16H2,1-6H3,(H,24,27). The van der Waals surface area contributed by atoms with E-state index in [2.05, 4.69) is 26.1 Å². The Balaban J connectivity index is 2.57. The highest BCUT2D eigenvalue weighted by Crippen LogP contribution is 2.46. The number of amides is 1. The van der Waals surface area contributed by atoms with E-state index >= 15 is 0 Å². The number of hydrogen-bond donors (Lipinski definition) is 2. The highest BCUT2D eigenvalue weighted by Gasteiger charge is 2.43. The summed E-state index contributed by atoms with van der Waals surface area (Å²) in [4.78, 5) is 24.6. The van der Waals surface area contributed by atoms with Crippen molar-refractivity contribution < 1.29 is 33.6 Å². The summed E-state index contributed by atoms with van der Waals surface area (Å²) < 4.78 is 21.7. The number of hydrogen-bond acceptors (Lipinski definition) is 7. The summed E-state index contributed by atoms with van der Waals surface area (Å²) in [7, 11) is 0. The van der Waals surface area contributed by atoms with Gasteiger partial charge in [-0.2, -0.15) is 0 Å². The Labute approximate surface area is 187 Å². The summed E-state index contributed by atoms with van der Waals surface area (Å²) in [5, 5.41) is 11.8. The fourth-order valence-corrected chi connectivity index (χ4v) is 4.48. The Morgan fingerprint density at radius 1 is 1.10 bits per heavy atom. The van der Waals surface area contributed by atoms with Crippen LogP contribution in [0.4, 0.5) is 4.79 Å². The van der Waals surface area contributed by atoms with Crippen LogP contribution >= 0.6 is 0 Å². The maximum absolute atomic E-state index is 12.4. The number of carbonyl (C=O) groups excluding carboxylic acids is 2. The lowest BCUT2D eigenvalue weighted by Crippen LogP contribution is -2.46.